The van der Waals surface area contributed by atoms with Gasteiger partial charge in [0.25, 0.3) is 0 Å². The minimum atomic E-state index is -0.163. The molecular formula is C19H29N3O2S. The molecule has 1 aliphatic rings. The minimum absolute atomic E-state index is 0.0266. The van der Waals surface area contributed by atoms with Crippen LogP contribution in [0.3, 0.4) is 0 Å². The molecule has 1 fully saturated rings. The molecule has 0 aromatic heterocycles. The molecule has 0 bridgehead atoms. The summed E-state index contributed by atoms with van der Waals surface area (Å²) in [6.07, 6.45) is 5.56. The van der Waals surface area contributed by atoms with E-state index in [0.29, 0.717) is 19.5 Å². The van der Waals surface area contributed by atoms with E-state index >= 15 is 0 Å². The van der Waals surface area contributed by atoms with Gasteiger partial charge < -0.3 is 15.5 Å². The molecule has 1 heterocycles. The van der Waals surface area contributed by atoms with Crippen LogP contribution in [0, 0.1) is 6.92 Å². The topological polar surface area (TPSA) is 61.4 Å². The van der Waals surface area contributed by atoms with Crippen LogP contribution in [0.25, 0.3) is 0 Å². The molecule has 25 heavy (non-hydrogen) atoms. The predicted octanol–water partition coefficient (Wildman–Crippen LogP) is 2.93. The van der Waals surface area contributed by atoms with Crippen LogP contribution in [0.2, 0.25) is 0 Å². The van der Waals surface area contributed by atoms with Crippen LogP contribution in [0.4, 0.5) is 4.79 Å². The molecule has 1 aromatic carbocycles. The summed E-state index contributed by atoms with van der Waals surface area (Å²) in [4.78, 5) is 26.4. The number of aryl methyl sites for hydroxylation is 1. The smallest absolute Gasteiger partial charge is 0.315 e. The van der Waals surface area contributed by atoms with Crippen molar-refractivity contribution < 1.29 is 9.59 Å². The number of hydrogen-bond acceptors (Lipinski definition) is 3. The molecule has 1 aliphatic heterocycles. The second kappa shape index (κ2) is 10.3. The largest absolute Gasteiger partial charge is 0.341 e. The van der Waals surface area contributed by atoms with E-state index in [0.717, 1.165) is 37.1 Å². The zero-order valence-electron chi connectivity index (χ0n) is 15.2. The van der Waals surface area contributed by atoms with Crippen molar-refractivity contribution in [2.45, 2.75) is 45.2 Å². The van der Waals surface area contributed by atoms with Crippen molar-refractivity contribution in [3.05, 3.63) is 35.4 Å². The van der Waals surface area contributed by atoms with E-state index in [2.05, 4.69) is 10.6 Å². The second-order valence-electron chi connectivity index (χ2n) is 6.59. The molecule has 0 saturated carbocycles. The normalized spacial score (nSPS) is 17.7. The Labute approximate surface area is 154 Å². The first-order valence-corrected chi connectivity index (χ1v) is 10.3. The summed E-state index contributed by atoms with van der Waals surface area (Å²) in [7, 11) is 0. The number of hydrogen-bond donors (Lipinski definition) is 2. The molecular weight excluding hydrogens is 334 g/mol. The van der Waals surface area contributed by atoms with E-state index < -0.39 is 0 Å². The number of likely N-dealkylation sites (tertiary alicyclic amines) is 1. The average molecular weight is 364 g/mol. The highest BCUT2D eigenvalue weighted by Gasteiger charge is 2.22. The third-order valence-corrected chi connectivity index (χ3v) is 5.07. The number of carbonyl (C=O) groups excluding carboxylic acids is 2. The molecule has 5 nitrogen and oxygen atoms in total. The van der Waals surface area contributed by atoms with E-state index in [4.69, 9.17) is 0 Å². The molecule has 2 N–H and O–H groups in total. The van der Waals surface area contributed by atoms with Crippen molar-refractivity contribution in [1.29, 1.82) is 0 Å². The molecule has 0 spiro atoms. The van der Waals surface area contributed by atoms with Crippen molar-refractivity contribution in [2.75, 3.05) is 25.1 Å². The fourth-order valence-corrected chi connectivity index (χ4v) is 3.34. The first-order valence-electron chi connectivity index (χ1n) is 8.95. The van der Waals surface area contributed by atoms with E-state index in [1.54, 1.807) is 11.8 Å². The van der Waals surface area contributed by atoms with Gasteiger partial charge in [-0.2, -0.15) is 11.8 Å². The maximum atomic E-state index is 12.3. The van der Waals surface area contributed by atoms with Crippen LogP contribution < -0.4 is 10.6 Å². The number of urea groups is 1. The maximum Gasteiger partial charge on any atom is 0.315 e. The molecule has 0 aliphatic carbocycles. The SMILES string of the molecule is CSCCC(=O)N1CCCC[C@@H](NC(=O)NCc2ccc(C)cc2)C1. The monoisotopic (exact) mass is 363 g/mol. The third-order valence-electron chi connectivity index (χ3n) is 4.45. The first kappa shape index (κ1) is 19.6. The number of benzene rings is 1. The molecule has 1 aromatic rings. The Hall–Kier alpha value is -1.69. The van der Waals surface area contributed by atoms with Gasteiger partial charge >= 0.3 is 6.03 Å². The van der Waals surface area contributed by atoms with Gasteiger partial charge in [-0.25, -0.2) is 4.79 Å². The van der Waals surface area contributed by atoms with Gasteiger partial charge in [-0.1, -0.05) is 29.8 Å². The lowest BCUT2D eigenvalue weighted by Crippen LogP contribution is -2.47. The maximum absolute atomic E-state index is 12.3. The molecule has 1 saturated heterocycles. The number of rotatable bonds is 6. The number of nitrogens with one attached hydrogen (secondary N) is 2. The highest BCUT2D eigenvalue weighted by molar-refractivity contribution is 7.98. The van der Waals surface area contributed by atoms with Crippen molar-refractivity contribution in [2.24, 2.45) is 0 Å². The van der Waals surface area contributed by atoms with Crippen molar-refractivity contribution in [3.8, 4) is 0 Å². The lowest BCUT2D eigenvalue weighted by atomic mass is 10.1. The summed E-state index contributed by atoms with van der Waals surface area (Å²) in [5.74, 6) is 1.05. The number of amides is 3. The third kappa shape index (κ3) is 6.98. The Kier molecular flexibility index (Phi) is 8.12. The zero-order chi connectivity index (χ0) is 18.1. The van der Waals surface area contributed by atoms with Gasteiger partial charge in [0.05, 0.1) is 0 Å². The Morgan fingerprint density at radius 3 is 2.72 bits per heavy atom. The van der Waals surface area contributed by atoms with Crippen molar-refractivity contribution >= 4 is 23.7 Å². The molecule has 0 radical (unpaired) electrons. The van der Waals surface area contributed by atoms with Crippen molar-refractivity contribution in [1.82, 2.24) is 15.5 Å². The van der Waals surface area contributed by atoms with Gasteiger partial charge in [-0.15, -0.1) is 0 Å². The lowest BCUT2D eigenvalue weighted by Gasteiger charge is -2.25. The zero-order valence-corrected chi connectivity index (χ0v) is 16.0. The second-order valence-corrected chi connectivity index (χ2v) is 7.57. The fourth-order valence-electron chi connectivity index (χ4n) is 2.96. The van der Waals surface area contributed by atoms with E-state index in [1.165, 1.54) is 5.56 Å². The van der Waals surface area contributed by atoms with E-state index in [1.807, 2.05) is 42.3 Å². The van der Waals surface area contributed by atoms with Gasteiger partial charge in [0.15, 0.2) is 0 Å². The quantitative estimate of drug-likeness (QED) is 0.817. The van der Waals surface area contributed by atoms with Gasteiger partial charge in [-0.3, -0.25) is 4.79 Å². The fraction of sp³-hybridized carbons (Fsp3) is 0.579. The predicted molar refractivity (Wildman–Crippen MR) is 104 cm³/mol. The molecule has 6 heteroatoms. The average Bonchev–Trinajstić information content (AvgIpc) is 2.85. The van der Waals surface area contributed by atoms with E-state index in [-0.39, 0.29) is 18.0 Å². The summed E-state index contributed by atoms with van der Waals surface area (Å²) in [5, 5.41) is 5.94. The molecule has 0 unspecified atom stereocenters. The number of thioether (sulfide) groups is 1. The lowest BCUT2D eigenvalue weighted by molar-refractivity contribution is -0.130. The van der Waals surface area contributed by atoms with Gasteiger partial charge in [-0.05, 0) is 38.0 Å². The van der Waals surface area contributed by atoms with E-state index in [9.17, 15) is 9.59 Å². The van der Waals surface area contributed by atoms with Gasteiger partial charge in [0.1, 0.15) is 0 Å². The Morgan fingerprint density at radius 2 is 2.00 bits per heavy atom. The summed E-state index contributed by atoms with van der Waals surface area (Å²) >= 11 is 1.69. The van der Waals surface area contributed by atoms with Gasteiger partial charge in [0.2, 0.25) is 5.91 Å². The van der Waals surface area contributed by atoms with Crippen LogP contribution in [0.15, 0.2) is 24.3 Å². The Morgan fingerprint density at radius 1 is 1.24 bits per heavy atom. The summed E-state index contributed by atoms with van der Waals surface area (Å²) < 4.78 is 0. The van der Waals surface area contributed by atoms with Crippen LogP contribution in [-0.2, 0) is 11.3 Å². The van der Waals surface area contributed by atoms with Crippen LogP contribution in [0.1, 0.15) is 36.8 Å². The summed E-state index contributed by atoms with van der Waals surface area (Å²) in [6, 6.07) is 7.99. The standard InChI is InChI=1S/C19H29N3O2S/c1-15-6-8-16(9-7-15)13-20-19(24)21-17-5-3-4-11-22(14-17)18(23)10-12-25-2/h6-9,17H,3-5,10-14H2,1-2H3,(H2,20,21,24)/t17-/m1/s1. The minimum Gasteiger partial charge on any atom is -0.341 e. The van der Waals surface area contributed by atoms with Crippen molar-refractivity contribution in [3.63, 3.8) is 0 Å². The molecule has 1 atom stereocenters. The summed E-state index contributed by atoms with van der Waals surface area (Å²) in [5.41, 5.74) is 2.29. The highest BCUT2D eigenvalue weighted by atomic mass is 32.2. The highest BCUT2D eigenvalue weighted by Crippen LogP contribution is 2.13. The number of nitrogens with zero attached hydrogens (tertiary/aromatic N) is 1. The molecule has 3 amide bonds. The van der Waals surface area contributed by atoms with Crippen LogP contribution in [-0.4, -0.2) is 48.0 Å². The summed E-state index contributed by atoms with van der Waals surface area (Å²) in [6.45, 7) is 3.97. The molecule has 138 valence electrons. The van der Waals surface area contributed by atoms with Crippen LogP contribution >= 0.6 is 11.8 Å². The number of carbonyl (C=O) groups is 2. The Bertz CT molecular complexity index is 562. The first-order chi connectivity index (χ1) is 12.1. The Balaban J connectivity index is 1.79. The van der Waals surface area contributed by atoms with Gasteiger partial charge in [0, 0.05) is 37.8 Å². The molecule has 2 rings (SSSR count). The van der Waals surface area contributed by atoms with Crippen LogP contribution in [0.5, 0.6) is 0 Å².